The van der Waals surface area contributed by atoms with Gasteiger partial charge in [-0.05, 0) is 44.9 Å². The van der Waals surface area contributed by atoms with Crippen LogP contribution in [0.1, 0.15) is 31.9 Å². The van der Waals surface area contributed by atoms with E-state index in [-0.39, 0.29) is 5.56 Å². The molecule has 0 saturated carbocycles. The van der Waals surface area contributed by atoms with Crippen LogP contribution in [-0.2, 0) is 16.0 Å². The quantitative estimate of drug-likeness (QED) is 0.916. The normalized spacial score (nSPS) is 12.0. The molecular formula is C15H18F3NO3. The SMILES string of the molecule is Cc1cc(CC(=O)C(F)(F)F)ccc1NC(=O)OC(C)(C)C. The second-order valence-corrected chi connectivity index (χ2v) is 5.87. The topological polar surface area (TPSA) is 55.4 Å². The van der Waals surface area contributed by atoms with E-state index in [1.807, 2.05) is 0 Å². The van der Waals surface area contributed by atoms with Gasteiger partial charge < -0.3 is 4.74 Å². The van der Waals surface area contributed by atoms with E-state index in [4.69, 9.17) is 4.74 Å². The van der Waals surface area contributed by atoms with Gasteiger partial charge in [-0.15, -0.1) is 0 Å². The highest BCUT2D eigenvalue weighted by Crippen LogP contribution is 2.22. The molecule has 0 fully saturated rings. The van der Waals surface area contributed by atoms with Gasteiger partial charge in [-0.3, -0.25) is 10.1 Å². The van der Waals surface area contributed by atoms with Crippen molar-refractivity contribution in [2.45, 2.75) is 45.9 Å². The summed E-state index contributed by atoms with van der Waals surface area (Å²) < 4.78 is 41.7. The minimum absolute atomic E-state index is 0.231. The Morgan fingerprint density at radius 3 is 2.23 bits per heavy atom. The van der Waals surface area contributed by atoms with Crippen molar-refractivity contribution in [1.82, 2.24) is 0 Å². The van der Waals surface area contributed by atoms with Gasteiger partial charge in [-0.2, -0.15) is 13.2 Å². The number of anilines is 1. The maximum atomic E-state index is 12.2. The number of hydrogen-bond donors (Lipinski definition) is 1. The Balaban J connectivity index is 2.78. The Hall–Kier alpha value is -2.05. The average molecular weight is 317 g/mol. The molecule has 0 heterocycles. The average Bonchev–Trinajstić information content (AvgIpc) is 2.29. The van der Waals surface area contributed by atoms with Gasteiger partial charge in [0.25, 0.3) is 0 Å². The number of rotatable bonds is 3. The minimum Gasteiger partial charge on any atom is -0.444 e. The first-order chi connectivity index (χ1) is 9.88. The molecule has 1 amide bonds. The highest BCUT2D eigenvalue weighted by Gasteiger charge is 2.37. The number of benzene rings is 1. The summed E-state index contributed by atoms with van der Waals surface area (Å²) in [5, 5.41) is 2.51. The Morgan fingerprint density at radius 1 is 1.18 bits per heavy atom. The summed E-state index contributed by atoms with van der Waals surface area (Å²) in [6, 6.07) is 4.23. The van der Waals surface area contributed by atoms with Crippen LogP contribution in [0.15, 0.2) is 18.2 Å². The molecule has 1 rings (SSSR count). The van der Waals surface area contributed by atoms with E-state index in [0.29, 0.717) is 11.3 Å². The van der Waals surface area contributed by atoms with E-state index in [1.54, 1.807) is 27.7 Å². The van der Waals surface area contributed by atoms with Gasteiger partial charge >= 0.3 is 12.3 Å². The number of Topliss-reactive ketones (excluding diaryl/α,β-unsaturated/α-hetero) is 1. The maximum Gasteiger partial charge on any atom is 0.450 e. The van der Waals surface area contributed by atoms with Gasteiger partial charge in [0, 0.05) is 12.1 Å². The third-order valence-electron chi connectivity index (χ3n) is 2.61. The van der Waals surface area contributed by atoms with Crippen LogP contribution in [0.25, 0.3) is 0 Å². The lowest BCUT2D eigenvalue weighted by atomic mass is 10.0. The molecule has 0 aliphatic carbocycles. The van der Waals surface area contributed by atoms with Crippen LogP contribution in [0.2, 0.25) is 0 Å². The molecule has 0 aliphatic rings. The van der Waals surface area contributed by atoms with E-state index in [9.17, 15) is 22.8 Å². The van der Waals surface area contributed by atoms with Crippen molar-refractivity contribution < 1.29 is 27.5 Å². The molecule has 1 aromatic rings. The molecule has 0 radical (unpaired) electrons. The molecule has 22 heavy (non-hydrogen) atoms. The van der Waals surface area contributed by atoms with E-state index in [0.717, 1.165) is 0 Å². The summed E-state index contributed by atoms with van der Waals surface area (Å²) in [7, 11) is 0. The predicted octanol–water partition coefficient (Wildman–Crippen LogP) is 4.02. The number of ketones is 1. The molecular weight excluding hydrogens is 299 g/mol. The van der Waals surface area contributed by atoms with Gasteiger partial charge in [0.2, 0.25) is 5.78 Å². The molecule has 4 nitrogen and oxygen atoms in total. The molecule has 0 aliphatic heterocycles. The fraction of sp³-hybridized carbons (Fsp3) is 0.467. The van der Waals surface area contributed by atoms with Gasteiger partial charge in [-0.1, -0.05) is 12.1 Å². The Kier molecular flexibility index (Phi) is 5.22. The second-order valence-electron chi connectivity index (χ2n) is 5.87. The summed E-state index contributed by atoms with van der Waals surface area (Å²) in [4.78, 5) is 22.6. The molecule has 0 saturated heterocycles. The van der Waals surface area contributed by atoms with Crippen LogP contribution in [-0.4, -0.2) is 23.7 Å². The summed E-state index contributed by atoms with van der Waals surface area (Å²) in [6.45, 7) is 6.76. The number of alkyl halides is 3. The number of carbonyl (C=O) groups excluding carboxylic acids is 2. The van der Waals surface area contributed by atoms with Crippen LogP contribution in [0.5, 0.6) is 0 Å². The number of nitrogens with one attached hydrogen (secondary N) is 1. The molecule has 0 atom stereocenters. The monoisotopic (exact) mass is 317 g/mol. The molecule has 1 aromatic carbocycles. The summed E-state index contributed by atoms with van der Waals surface area (Å²) >= 11 is 0. The molecule has 0 bridgehead atoms. The zero-order valence-electron chi connectivity index (χ0n) is 12.8. The van der Waals surface area contributed by atoms with Crippen LogP contribution in [0.4, 0.5) is 23.7 Å². The largest absolute Gasteiger partial charge is 0.450 e. The third kappa shape index (κ3) is 5.75. The van der Waals surface area contributed by atoms with Crippen molar-refractivity contribution in [2.24, 2.45) is 0 Å². The van der Waals surface area contributed by atoms with Crippen LogP contribution < -0.4 is 5.32 Å². The number of hydrogen-bond acceptors (Lipinski definition) is 3. The highest BCUT2D eigenvalue weighted by molar-refractivity contribution is 5.87. The zero-order valence-corrected chi connectivity index (χ0v) is 12.8. The molecule has 0 aromatic heterocycles. The van der Waals surface area contributed by atoms with E-state index in [1.165, 1.54) is 18.2 Å². The first-order valence-electron chi connectivity index (χ1n) is 6.58. The predicted molar refractivity (Wildman–Crippen MR) is 75.8 cm³/mol. The molecule has 7 heteroatoms. The van der Waals surface area contributed by atoms with Gasteiger partial charge in [0.1, 0.15) is 5.60 Å². The van der Waals surface area contributed by atoms with E-state index < -0.39 is 30.1 Å². The number of carbonyl (C=O) groups is 2. The van der Waals surface area contributed by atoms with Crippen molar-refractivity contribution in [1.29, 1.82) is 0 Å². The van der Waals surface area contributed by atoms with Crippen molar-refractivity contribution in [3.05, 3.63) is 29.3 Å². The molecule has 1 N–H and O–H groups in total. The van der Waals surface area contributed by atoms with Gasteiger partial charge in [0.15, 0.2) is 0 Å². The second kappa shape index (κ2) is 6.37. The Bertz CT molecular complexity index is 574. The lowest BCUT2D eigenvalue weighted by Crippen LogP contribution is -2.27. The summed E-state index contributed by atoms with van der Waals surface area (Å²) in [5.41, 5.74) is 0.530. The standard InChI is InChI=1S/C15H18F3NO3/c1-9-7-10(8-12(20)15(16,17)18)5-6-11(9)19-13(21)22-14(2,3)4/h5-7H,8H2,1-4H3,(H,19,21). The smallest absolute Gasteiger partial charge is 0.444 e. The van der Waals surface area contributed by atoms with Crippen LogP contribution in [0, 0.1) is 6.92 Å². The lowest BCUT2D eigenvalue weighted by molar-refractivity contribution is -0.170. The molecule has 122 valence electrons. The first-order valence-corrected chi connectivity index (χ1v) is 6.58. The fourth-order valence-corrected chi connectivity index (χ4v) is 1.68. The number of aryl methyl sites for hydroxylation is 1. The Morgan fingerprint density at radius 2 is 1.77 bits per heavy atom. The zero-order chi connectivity index (χ0) is 17.1. The Labute approximate surface area is 126 Å². The van der Waals surface area contributed by atoms with Crippen molar-refractivity contribution in [3.8, 4) is 0 Å². The van der Waals surface area contributed by atoms with Gasteiger partial charge in [0.05, 0.1) is 0 Å². The number of ether oxygens (including phenoxy) is 1. The van der Waals surface area contributed by atoms with Crippen molar-refractivity contribution >= 4 is 17.6 Å². The molecule has 0 unspecified atom stereocenters. The van der Waals surface area contributed by atoms with E-state index >= 15 is 0 Å². The van der Waals surface area contributed by atoms with Crippen molar-refractivity contribution in [3.63, 3.8) is 0 Å². The number of halogens is 3. The van der Waals surface area contributed by atoms with Crippen molar-refractivity contribution in [2.75, 3.05) is 5.32 Å². The summed E-state index contributed by atoms with van der Waals surface area (Å²) in [5.74, 6) is -1.81. The first kappa shape index (κ1) is 18.0. The van der Waals surface area contributed by atoms with E-state index in [2.05, 4.69) is 5.32 Å². The number of amides is 1. The highest BCUT2D eigenvalue weighted by atomic mass is 19.4. The summed E-state index contributed by atoms with van der Waals surface area (Å²) in [6.07, 6.45) is -6.23. The van der Waals surface area contributed by atoms with Crippen LogP contribution >= 0.6 is 0 Å². The third-order valence-corrected chi connectivity index (χ3v) is 2.61. The van der Waals surface area contributed by atoms with Gasteiger partial charge in [-0.25, -0.2) is 4.79 Å². The molecule has 0 spiro atoms. The lowest BCUT2D eigenvalue weighted by Gasteiger charge is -2.20. The minimum atomic E-state index is -4.85. The maximum absolute atomic E-state index is 12.2. The van der Waals surface area contributed by atoms with Crippen LogP contribution in [0.3, 0.4) is 0 Å². The fourth-order valence-electron chi connectivity index (χ4n) is 1.68.